The summed E-state index contributed by atoms with van der Waals surface area (Å²) in [4.78, 5) is 31.5. The highest BCUT2D eigenvalue weighted by atomic mass is 19.4. The van der Waals surface area contributed by atoms with Crippen molar-refractivity contribution in [2.45, 2.75) is 50.7 Å². The standard InChI is InChI=1S/C18H22F3N3O2/c19-18(20,21)15-5-4-13(12-22-15)11-17(26)23-9-6-14(7-10-23)24-8-2-1-3-16(24)25/h4-5,12,14H,1-3,6-11H2. The third kappa shape index (κ3) is 4.34. The molecule has 0 aromatic carbocycles. The second kappa shape index (κ2) is 7.63. The highest BCUT2D eigenvalue weighted by molar-refractivity contribution is 5.79. The number of aromatic nitrogens is 1. The zero-order chi connectivity index (χ0) is 18.7. The van der Waals surface area contributed by atoms with Crippen LogP contribution in [-0.4, -0.2) is 52.3 Å². The number of piperidine rings is 2. The van der Waals surface area contributed by atoms with Crippen molar-refractivity contribution in [1.29, 1.82) is 0 Å². The fourth-order valence-corrected chi connectivity index (χ4v) is 3.62. The Morgan fingerprint density at radius 1 is 1.15 bits per heavy atom. The average molecular weight is 369 g/mol. The minimum atomic E-state index is -4.48. The van der Waals surface area contributed by atoms with E-state index < -0.39 is 11.9 Å². The number of hydrogen-bond acceptors (Lipinski definition) is 3. The van der Waals surface area contributed by atoms with Gasteiger partial charge in [0.05, 0.1) is 6.42 Å². The lowest BCUT2D eigenvalue weighted by Crippen LogP contribution is -2.50. The van der Waals surface area contributed by atoms with Crippen molar-refractivity contribution in [2.24, 2.45) is 0 Å². The van der Waals surface area contributed by atoms with Gasteiger partial charge in [-0.05, 0) is 37.3 Å². The van der Waals surface area contributed by atoms with E-state index in [0.29, 0.717) is 25.1 Å². The Morgan fingerprint density at radius 3 is 2.46 bits per heavy atom. The summed E-state index contributed by atoms with van der Waals surface area (Å²) >= 11 is 0. The molecule has 0 spiro atoms. The van der Waals surface area contributed by atoms with Crippen LogP contribution in [0.5, 0.6) is 0 Å². The molecule has 2 saturated heterocycles. The van der Waals surface area contributed by atoms with Crippen LogP contribution in [0.2, 0.25) is 0 Å². The van der Waals surface area contributed by atoms with Crippen LogP contribution < -0.4 is 0 Å². The number of carbonyl (C=O) groups is 2. The Balaban J connectivity index is 1.51. The fraction of sp³-hybridized carbons (Fsp3) is 0.611. The molecule has 1 aromatic rings. The molecule has 0 unspecified atom stereocenters. The molecule has 2 aliphatic rings. The van der Waals surface area contributed by atoms with Crippen LogP contribution >= 0.6 is 0 Å². The van der Waals surface area contributed by atoms with E-state index in [1.54, 1.807) is 4.90 Å². The lowest BCUT2D eigenvalue weighted by atomic mass is 9.99. The van der Waals surface area contributed by atoms with E-state index in [-0.39, 0.29) is 24.3 Å². The SMILES string of the molecule is O=C(Cc1ccc(C(F)(F)F)nc1)N1CCC(N2CCCCC2=O)CC1. The van der Waals surface area contributed by atoms with Crippen LogP contribution in [-0.2, 0) is 22.2 Å². The Hall–Kier alpha value is -2.12. The van der Waals surface area contributed by atoms with Gasteiger partial charge in [-0.3, -0.25) is 14.6 Å². The molecule has 2 fully saturated rings. The summed E-state index contributed by atoms with van der Waals surface area (Å²) in [6, 6.07) is 2.39. The molecule has 0 saturated carbocycles. The maximum atomic E-state index is 12.5. The van der Waals surface area contributed by atoms with Gasteiger partial charge in [0.2, 0.25) is 11.8 Å². The zero-order valence-corrected chi connectivity index (χ0v) is 14.5. The summed E-state index contributed by atoms with van der Waals surface area (Å²) < 4.78 is 37.6. The fourth-order valence-electron chi connectivity index (χ4n) is 3.62. The maximum absolute atomic E-state index is 12.5. The maximum Gasteiger partial charge on any atom is 0.433 e. The van der Waals surface area contributed by atoms with Gasteiger partial charge in [-0.1, -0.05) is 6.07 Å². The molecular formula is C18H22F3N3O2. The summed E-state index contributed by atoms with van der Waals surface area (Å²) in [5.41, 5.74) is -0.489. The molecule has 0 atom stereocenters. The molecule has 8 heteroatoms. The molecule has 2 amide bonds. The van der Waals surface area contributed by atoms with Crippen LogP contribution in [0.1, 0.15) is 43.4 Å². The van der Waals surface area contributed by atoms with Gasteiger partial charge >= 0.3 is 6.18 Å². The molecule has 3 rings (SSSR count). The van der Waals surface area contributed by atoms with Crippen LogP contribution in [0.15, 0.2) is 18.3 Å². The molecule has 0 radical (unpaired) electrons. The number of hydrogen-bond donors (Lipinski definition) is 0. The van der Waals surface area contributed by atoms with Crippen molar-refractivity contribution in [2.75, 3.05) is 19.6 Å². The van der Waals surface area contributed by atoms with E-state index in [4.69, 9.17) is 0 Å². The number of nitrogens with zero attached hydrogens (tertiary/aromatic N) is 3. The van der Waals surface area contributed by atoms with E-state index in [9.17, 15) is 22.8 Å². The third-order valence-electron chi connectivity index (χ3n) is 5.09. The minimum absolute atomic E-state index is 0.0401. The number of alkyl halides is 3. The van der Waals surface area contributed by atoms with Gasteiger partial charge in [-0.15, -0.1) is 0 Å². The Labute approximate surface area is 150 Å². The number of pyridine rings is 1. The van der Waals surface area contributed by atoms with Gasteiger partial charge in [0.25, 0.3) is 0 Å². The lowest BCUT2D eigenvalue weighted by molar-refractivity contribution is -0.141. The normalized spacial score (nSPS) is 19.7. The summed E-state index contributed by atoms with van der Waals surface area (Å²) in [5.74, 6) is 0.0897. The van der Waals surface area contributed by atoms with E-state index >= 15 is 0 Å². The molecule has 0 aliphatic carbocycles. The van der Waals surface area contributed by atoms with E-state index in [1.165, 1.54) is 6.07 Å². The van der Waals surface area contributed by atoms with Crippen molar-refractivity contribution in [3.05, 3.63) is 29.6 Å². The molecule has 1 aromatic heterocycles. The number of halogens is 3. The van der Waals surface area contributed by atoms with Gasteiger partial charge < -0.3 is 9.80 Å². The summed E-state index contributed by atoms with van der Waals surface area (Å²) in [7, 11) is 0. The molecule has 0 bridgehead atoms. The molecule has 0 N–H and O–H groups in total. The molecule has 5 nitrogen and oxygen atoms in total. The van der Waals surface area contributed by atoms with Crippen LogP contribution in [0.25, 0.3) is 0 Å². The summed E-state index contributed by atoms with van der Waals surface area (Å²) in [6.45, 7) is 1.94. The molecule has 3 heterocycles. The monoisotopic (exact) mass is 369 g/mol. The van der Waals surface area contributed by atoms with Gasteiger partial charge in [-0.2, -0.15) is 13.2 Å². The second-order valence-corrected chi connectivity index (χ2v) is 6.88. The number of carbonyl (C=O) groups excluding carboxylic acids is 2. The molecule has 142 valence electrons. The van der Waals surface area contributed by atoms with Gasteiger partial charge in [0.1, 0.15) is 5.69 Å². The summed E-state index contributed by atoms with van der Waals surface area (Å²) in [6.07, 6.45) is 0.778. The first-order valence-corrected chi connectivity index (χ1v) is 8.94. The largest absolute Gasteiger partial charge is 0.433 e. The first-order chi connectivity index (χ1) is 12.3. The minimum Gasteiger partial charge on any atom is -0.342 e. The van der Waals surface area contributed by atoms with Crippen LogP contribution in [0, 0.1) is 0 Å². The lowest BCUT2D eigenvalue weighted by Gasteiger charge is -2.40. The van der Waals surface area contributed by atoms with E-state index in [0.717, 1.165) is 44.5 Å². The topological polar surface area (TPSA) is 53.5 Å². The first kappa shape index (κ1) is 18.7. The third-order valence-corrected chi connectivity index (χ3v) is 5.09. The number of likely N-dealkylation sites (tertiary alicyclic amines) is 2. The number of rotatable bonds is 3. The average Bonchev–Trinajstić information content (AvgIpc) is 2.62. The molecular weight excluding hydrogens is 347 g/mol. The van der Waals surface area contributed by atoms with Gasteiger partial charge in [0, 0.05) is 38.3 Å². The predicted molar refractivity (Wildman–Crippen MR) is 88.1 cm³/mol. The smallest absolute Gasteiger partial charge is 0.342 e. The Bertz CT molecular complexity index is 653. The predicted octanol–water partition coefficient (Wildman–Crippen LogP) is 2.65. The Morgan fingerprint density at radius 2 is 1.88 bits per heavy atom. The van der Waals surface area contributed by atoms with Gasteiger partial charge in [0.15, 0.2) is 0 Å². The van der Waals surface area contributed by atoms with E-state index in [1.807, 2.05) is 4.90 Å². The van der Waals surface area contributed by atoms with Crippen LogP contribution in [0.3, 0.4) is 0 Å². The van der Waals surface area contributed by atoms with Crippen molar-refractivity contribution >= 4 is 11.8 Å². The van der Waals surface area contributed by atoms with Crippen molar-refractivity contribution in [1.82, 2.24) is 14.8 Å². The zero-order valence-electron chi connectivity index (χ0n) is 14.5. The van der Waals surface area contributed by atoms with Crippen molar-refractivity contribution < 1.29 is 22.8 Å². The van der Waals surface area contributed by atoms with Crippen molar-refractivity contribution in [3.8, 4) is 0 Å². The Kier molecular flexibility index (Phi) is 5.48. The van der Waals surface area contributed by atoms with Crippen LogP contribution in [0.4, 0.5) is 13.2 Å². The molecule has 26 heavy (non-hydrogen) atoms. The highest BCUT2D eigenvalue weighted by Crippen LogP contribution is 2.27. The summed E-state index contributed by atoms with van der Waals surface area (Å²) in [5, 5.41) is 0. The first-order valence-electron chi connectivity index (χ1n) is 8.94. The van der Waals surface area contributed by atoms with Crippen molar-refractivity contribution in [3.63, 3.8) is 0 Å². The number of amides is 2. The van der Waals surface area contributed by atoms with E-state index in [2.05, 4.69) is 4.98 Å². The molecule has 2 aliphatic heterocycles. The second-order valence-electron chi connectivity index (χ2n) is 6.88. The highest BCUT2D eigenvalue weighted by Gasteiger charge is 2.33. The van der Waals surface area contributed by atoms with Gasteiger partial charge in [-0.25, -0.2) is 0 Å². The quantitative estimate of drug-likeness (QED) is 0.823.